The number of carbonyl (C=O) groups excluding carboxylic acids is 1. The average Bonchev–Trinajstić information content (AvgIpc) is 2.48. The van der Waals surface area contributed by atoms with Crippen LogP contribution in [0.25, 0.3) is 0 Å². The molecule has 0 heterocycles. The lowest BCUT2D eigenvalue weighted by atomic mass is 9.74. The fourth-order valence-electron chi connectivity index (χ4n) is 3.19. The van der Waals surface area contributed by atoms with Gasteiger partial charge in [0.05, 0.1) is 12.5 Å². The maximum Gasteiger partial charge on any atom is 0.308 e. The summed E-state index contributed by atoms with van der Waals surface area (Å²) in [5.41, 5.74) is 7.92. The third-order valence-corrected chi connectivity index (χ3v) is 4.55. The van der Waals surface area contributed by atoms with Crippen LogP contribution in [0.4, 0.5) is 5.69 Å². The smallest absolute Gasteiger partial charge is 0.308 e. The molecule has 0 spiro atoms. The van der Waals surface area contributed by atoms with E-state index in [2.05, 4.69) is 12.1 Å². The van der Waals surface area contributed by atoms with Crippen LogP contribution in [-0.2, 0) is 9.53 Å². The van der Waals surface area contributed by atoms with E-state index in [9.17, 15) is 4.79 Å². The predicted molar refractivity (Wildman–Crippen MR) is 81.4 cm³/mol. The first-order valence-electron chi connectivity index (χ1n) is 7.64. The van der Waals surface area contributed by atoms with Crippen molar-refractivity contribution in [2.24, 2.45) is 11.8 Å². The maximum absolute atomic E-state index is 11.8. The van der Waals surface area contributed by atoms with Gasteiger partial charge in [0.1, 0.15) is 0 Å². The highest BCUT2D eigenvalue weighted by molar-refractivity contribution is 5.72. The van der Waals surface area contributed by atoms with E-state index in [1.807, 2.05) is 26.0 Å². The lowest BCUT2D eigenvalue weighted by Crippen LogP contribution is -2.26. The van der Waals surface area contributed by atoms with E-state index in [-0.39, 0.29) is 11.9 Å². The monoisotopic (exact) mass is 275 g/mol. The van der Waals surface area contributed by atoms with Crippen LogP contribution in [0.2, 0.25) is 0 Å². The number of anilines is 1. The molecule has 2 rings (SSSR count). The molecule has 0 aromatic heterocycles. The highest BCUT2D eigenvalue weighted by atomic mass is 16.5. The minimum atomic E-state index is -0.0385. The van der Waals surface area contributed by atoms with Gasteiger partial charge in [-0.1, -0.05) is 19.1 Å². The molecular weight excluding hydrogens is 250 g/mol. The first-order valence-corrected chi connectivity index (χ1v) is 7.64. The van der Waals surface area contributed by atoms with Crippen LogP contribution in [0.1, 0.15) is 51.0 Å². The lowest BCUT2D eigenvalue weighted by molar-refractivity contribution is -0.149. The molecule has 0 amide bonds. The normalized spacial score (nSPS) is 24.1. The molecule has 1 aromatic rings. The summed E-state index contributed by atoms with van der Waals surface area (Å²) in [5, 5.41) is 0. The first kappa shape index (κ1) is 14.9. The van der Waals surface area contributed by atoms with Crippen LogP contribution in [0.5, 0.6) is 0 Å². The Morgan fingerprint density at radius 3 is 2.40 bits per heavy atom. The second-order valence-electron chi connectivity index (χ2n) is 5.82. The molecule has 1 saturated carbocycles. The van der Waals surface area contributed by atoms with Gasteiger partial charge in [-0.15, -0.1) is 0 Å². The average molecular weight is 275 g/mol. The molecule has 0 bridgehead atoms. The Hall–Kier alpha value is -1.51. The number of hydrogen-bond acceptors (Lipinski definition) is 3. The highest BCUT2D eigenvalue weighted by Gasteiger charge is 2.30. The predicted octanol–water partition coefficient (Wildman–Crippen LogP) is 3.74. The van der Waals surface area contributed by atoms with Crippen molar-refractivity contribution in [2.75, 3.05) is 12.3 Å². The summed E-state index contributed by atoms with van der Waals surface area (Å²) in [4.78, 5) is 11.8. The summed E-state index contributed by atoms with van der Waals surface area (Å²) in [6.45, 7) is 4.35. The van der Waals surface area contributed by atoms with E-state index in [1.54, 1.807) is 0 Å². The highest BCUT2D eigenvalue weighted by Crippen LogP contribution is 2.39. The Morgan fingerprint density at radius 1 is 1.25 bits per heavy atom. The van der Waals surface area contributed by atoms with Crippen molar-refractivity contribution in [3.8, 4) is 0 Å². The summed E-state index contributed by atoms with van der Waals surface area (Å²) >= 11 is 0. The summed E-state index contributed by atoms with van der Waals surface area (Å²) < 4.78 is 5.13. The Labute approximate surface area is 121 Å². The molecule has 1 aliphatic rings. The Bertz CT molecular complexity index is 433. The molecule has 0 aliphatic heterocycles. The topological polar surface area (TPSA) is 52.3 Å². The van der Waals surface area contributed by atoms with Crippen LogP contribution in [0.15, 0.2) is 24.3 Å². The summed E-state index contributed by atoms with van der Waals surface area (Å²) in [7, 11) is 0. The van der Waals surface area contributed by atoms with Crippen molar-refractivity contribution in [3.63, 3.8) is 0 Å². The molecule has 1 fully saturated rings. The lowest BCUT2D eigenvalue weighted by Gasteiger charge is -2.31. The molecule has 0 saturated heterocycles. The molecule has 1 aromatic carbocycles. The second kappa shape index (κ2) is 6.78. The van der Waals surface area contributed by atoms with Gasteiger partial charge in [0.25, 0.3) is 0 Å². The zero-order valence-electron chi connectivity index (χ0n) is 12.5. The number of nitrogen functional groups attached to an aromatic ring is 1. The SMILES string of the molecule is CCOC(=O)C(C)C1CCC(c2ccc(N)cc2)CC1. The summed E-state index contributed by atoms with van der Waals surface area (Å²) in [6, 6.07) is 8.22. The van der Waals surface area contributed by atoms with Gasteiger partial charge in [0.2, 0.25) is 0 Å². The number of benzene rings is 1. The Kier molecular flexibility index (Phi) is 5.05. The molecule has 110 valence electrons. The van der Waals surface area contributed by atoms with Gasteiger partial charge in [-0.05, 0) is 62.1 Å². The van der Waals surface area contributed by atoms with Gasteiger partial charge in [-0.25, -0.2) is 0 Å². The number of rotatable bonds is 4. The van der Waals surface area contributed by atoms with Gasteiger partial charge in [-0.3, -0.25) is 4.79 Å². The Balaban J connectivity index is 1.89. The number of carbonyl (C=O) groups is 1. The quantitative estimate of drug-likeness (QED) is 0.672. The fraction of sp³-hybridized carbons (Fsp3) is 0.588. The summed E-state index contributed by atoms with van der Waals surface area (Å²) in [5.74, 6) is 1.08. The number of esters is 1. The van der Waals surface area contributed by atoms with Crippen LogP contribution in [0, 0.1) is 11.8 Å². The molecule has 2 N–H and O–H groups in total. The van der Waals surface area contributed by atoms with Crippen LogP contribution >= 0.6 is 0 Å². The van der Waals surface area contributed by atoms with Crippen molar-refractivity contribution in [1.29, 1.82) is 0 Å². The van der Waals surface area contributed by atoms with Crippen molar-refractivity contribution >= 4 is 11.7 Å². The number of hydrogen-bond donors (Lipinski definition) is 1. The van der Waals surface area contributed by atoms with Crippen LogP contribution < -0.4 is 5.73 Å². The van der Waals surface area contributed by atoms with Crippen LogP contribution in [-0.4, -0.2) is 12.6 Å². The molecular formula is C17H25NO2. The third-order valence-electron chi connectivity index (χ3n) is 4.55. The van der Waals surface area contributed by atoms with Crippen molar-refractivity contribution in [2.45, 2.75) is 45.4 Å². The molecule has 1 atom stereocenters. The van der Waals surface area contributed by atoms with Gasteiger partial charge < -0.3 is 10.5 Å². The standard InChI is InChI=1S/C17H25NO2/c1-3-20-17(19)12(2)13-4-6-14(7-5-13)15-8-10-16(18)11-9-15/h8-14H,3-7,18H2,1-2H3. The van der Waals surface area contributed by atoms with Crippen LogP contribution in [0.3, 0.4) is 0 Å². The molecule has 20 heavy (non-hydrogen) atoms. The zero-order valence-corrected chi connectivity index (χ0v) is 12.5. The van der Waals surface area contributed by atoms with E-state index >= 15 is 0 Å². The Morgan fingerprint density at radius 2 is 1.85 bits per heavy atom. The molecule has 0 radical (unpaired) electrons. The van der Waals surface area contributed by atoms with Gasteiger partial charge in [-0.2, -0.15) is 0 Å². The number of nitrogens with two attached hydrogens (primary N) is 1. The minimum Gasteiger partial charge on any atom is -0.466 e. The van der Waals surface area contributed by atoms with Crippen molar-refractivity contribution < 1.29 is 9.53 Å². The largest absolute Gasteiger partial charge is 0.466 e. The molecule has 3 nitrogen and oxygen atoms in total. The fourth-order valence-corrected chi connectivity index (χ4v) is 3.19. The first-order chi connectivity index (χ1) is 9.61. The van der Waals surface area contributed by atoms with E-state index in [1.165, 1.54) is 5.56 Å². The van der Waals surface area contributed by atoms with Gasteiger partial charge in [0, 0.05) is 5.69 Å². The van der Waals surface area contributed by atoms with E-state index in [0.717, 1.165) is 31.4 Å². The van der Waals surface area contributed by atoms with Crippen molar-refractivity contribution in [3.05, 3.63) is 29.8 Å². The van der Waals surface area contributed by atoms with E-state index in [0.29, 0.717) is 18.4 Å². The molecule has 1 aliphatic carbocycles. The zero-order chi connectivity index (χ0) is 14.5. The molecule has 1 unspecified atom stereocenters. The van der Waals surface area contributed by atoms with E-state index in [4.69, 9.17) is 10.5 Å². The van der Waals surface area contributed by atoms with E-state index < -0.39 is 0 Å². The summed E-state index contributed by atoms with van der Waals surface area (Å²) in [6.07, 6.45) is 4.51. The van der Waals surface area contributed by atoms with Gasteiger partial charge >= 0.3 is 5.97 Å². The molecule has 3 heteroatoms. The second-order valence-corrected chi connectivity index (χ2v) is 5.82. The maximum atomic E-state index is 11.8. The van der Waals surface area contributed by atoms with Gasteiger partial charge in [0.15, 0.2) is 0 Å². The van der Waals surface area contributed by atoms with Crippen molar-refractivity contribution in [1.82, 2.24) is 0 Å². The number of ether oxygens (including phenoxy) is 1. The minimum absolute atomic E-state index is 0.0299. The third kappa shape index (κ3) is 3.53.